The number of fused-ring (bicyclic) bond motifs is 1. The number of amides is 1. The van der Waals surface area contributed by atoms with Crippen molar-refractivity contribution in [2.45, 2.75) is 31.8 Å². The molecule has 3 aromatic carbocycles. The number of likely N-dealkylation sites (tertiary alicyclic amines) is 1. The van der Waals surface area contributed by atoms with Crippen LogP contribution in [0.5, 0.6) is 0 Å². The van der Waals surface area contributed by atoms with Crippen molar-refractivity contribution >= 4 is 29.1 Å². The van der Waals surface area contributed by atoms with Crippen LogP contribution in [0.2, 0.25) is 0 Å². The van der Waals surface area contributed by atoms with Crippen molar-refractivity contribution in [3.05, 3.63) is 83.9 Å². The molecule has 1 heterocycles. The lowest BCUT2D eigenvalue weighted by atomic mass is 9.92. The third kappa shape index (κ3) is 3.78. The fourth-order valence-corrected chi connectivity index (χ4v) is 4.27. The van der Waals surface area contributed by atoms with Gasteiger partial charge in [-0.3, -0.25) is 4.79 Å². The minimum absolute atomic E-state index is 0. The molecule has 0 bridgehead atoms. The molecule has 1 saturated heterocycles. The normalized spacial score (nSPS) is 18.5. The molecule has 4 heteroatoms. The van der Waals surface area contributed by atoms with Crippen molar-refractivity contribution in [1.82, 2.24) is 4.90 Å². The molecule has 3 aromatic rings. The fourth-order valence-electron chi connectivity index (χ4n) is 4.27. The second kappa shape index (κ2) is 8.76. The molecule has 1 amide bonds. The van der Waals surface area contributed by atoms with Crippen LogP contribution in [0.25, 0.3) is 10.8 Å². The van der Waals surface area contributed by atoms with E-state index in [1.54, 1.807) is 0 Å². The lowest BCUT2D eigenvalue weighted by molar-refractivity contribution is -0.136. The van der Waals surface area contributed by atoms with Gasteiger partial charge in [0.15, 0.2) is 0 Å². The van der Waals surface area contributed by atoms with E-state index in [0.29, 0.717) is 0 Å². The highest BCUT2D eigenvalue weighted by Gasteiger charge is 2.35. The van der Waals surface area contributed by atoms with Gasteiger partial charge in [-0.1, -0.05) is 79.7 Å². The molecule has 146 valence electrons. The second-order valence-electron chi connectivity index (χ2n) is 7.48. The lowest BCUT2D eigenvalue weighted by Gasteiger charge is -2.31. The number of nitrogens with zero attached hydrogens (tertiary/aromatic N) is 1. The number of hydrogen-bond donors (Lipinski definition) is 1. The average Bonchev–Trinajstić information content (AvgIpc) is 3.22. The van der Waals surface area contributed by atoms with Gasteiger partial charge in [-0.05, 0) is 34.7 Å². The van der Waals surface area contributed by atoms with Gasteiger partial charge < -0.3 is 10.6 Å². The molecule has 0 saturated carbocycles. The highest BCUT2D eigenvalue weighted by atomic mass is 35.5. The van der Waals surface area contributed by atoms with Crippen LogP contribution in [0.1, 0.15) is 43.0 Å². The summed E-state index contributed by atoms with van der Waals surface area (Å²) in [5, 5.41) is 2.47. The Morgan fingerprint density at radius 3 is 2.46 bits per heavy atom. The van der Waals surface area contributed by atoms with E-state index < -0.39 is 0 Å². The van der Waals surface area contributed by atoms with Crippen LogP contribution < -0.4 is 5.73 Å². The molecule has 0 aromatic heterocycles. The van der Waals surface area contributed by atoms with Gasteiger partial charge in [0.2, 0.25) is 5.91 Å². The smallest absolute Gasteiger partial charge is 0.227 e. The number of benzene rings is 3. The van der Waals surface area contributed by atoms with E-state index in [1.165, 1.54) is 16.3 Å². The van der Waals surface area contributed by atoms with E-state index in [-0.39, 0.29) is 36.3 Å². The predicted octanol–water partition coefficient (Wildman–Crippen LogP) is 5.26. The van der Waals surface area contributed by atoms with Crippen molar-refractivity contribution in [1.29, 1.82) is 0 Å². The maximum atomic E-state index is 13.3. The first-order valence-electron chi connectivity index (χ1n) is 9.75. The van der Waals surface area contributed by atoms with Crippen LogP contribution in [0.4, 0.5) is 0 Å². The zero-order valence-electron chi connectivity index (χ0n) is 16.1. The van der Waals surface area contributed by atoms with Crippen LogP contribution in [0, 0.1) is 5.92 Å². The molecule has 2 N–H and O–H groups in total. The zero-order chi connectivity index (χ0) is 18.8. The first kappa shape index (κ1) is 20.4. The van der Waals surface area contributed by atoms with Gasteiger partial charge in [0.25, 0.3) is 0 Å². The van der Waals surface area contributed by atoms with Crippen molar-refractivity contribution in [3.8, 4) is 0 Å². The highest BCUT2D eigenvalue weighted by molar-refractivity contribution is 5.87. The van der Waals surface area contributed by atoms with E-state index in [2.05, 4.69) is 47.4 Å². The maximum absolute atomic E-state index is 13.3. The lowest BCUT2D eigenvalue weighted by Crippen LogP contribution is -2.39. The Kier molecular flexibility index (Phi) is 6.38. The number of carbonyl (C=O) groups excluding carboxylic acids is 1. The van der Waals surface area contributed by atoms with Gasteiger partial charge in [-0.15, -0.1) is 12.4 Å². The number of carbonyl (C=O) groups is 1. The molecular formula is C24H27ClN2O. The van der Waals surface area contributed by atoms with Crippen LogP contribution in [-0.4, -0.2) is 17.4 Å². The van der Waals surface area contributed by atoms with Gasteiger partial charge in [-0.25, -0.2) is 0 Å². The van der Waals surface area contributed by atoms with Gasteiger partial charge in [0.05, 0.1) is 12.0 Å². The summed E-state index contributed by atoms with van der Waals surface area (Å²) in [6.07, 6.45) is 2.04. The molecule has 0 radical (unpaired) electrons. The Labute approximate surface area is 172 Å². The first-order chi connectivity index (χ1) is 13.2. The van der Waals surface area contributed by atoms with Gasteiger partial charge >= 0.3 is 0 Å². The highest BCUT2D eigenvalue weighted by Crippen LogP contribution is 2.37. The molecule has 1 aliphatic rings. The summed E-state index contributed by atoms with van der Waals surface area (Å²) >= 11 is 0. The van der Waals surface area contributed by atoms with Crippen molar-refractivity contribution in [3.63, 3.8) is 0 Å². The quantitative estimate of drug-likeness (QED) is 0.655. The molecule has 0 aliphatic carbocycles. The Balaban J connectivity index is 0.00000225. The van der Waals surface area contributed by atoms with Crippen molar-refractivity contribution in [2.24, 2.45) is 11.7 Å². The Hall–Kier alpha value is -2.36. The zero-order valence-corrected chi connectivity index (χ0v) is 16.9. The van der Waals surface area contributed by atoms with Crippen molar-refractivity contribution < 1.29 is 4.79 Å². The SMILES string of the molecule is CC(C(=O)N1CCCC1c1cccc2ccccc12)C(N)c1ccccc1.Cl. The van der Waals surface area contributed by atoms with Crippen LogP contribution >= 0.6 is 12.4 Å². The number of nitrogens with two attached hydrogens (primary N) is 1. The molecule has 3 unspecified atom stereocenters. The summed E-state index contributed by atoms with van der Waals surface area (Å²) in [5.74, 6) is -0.0928. The fraction of sp³-hybridized carbons (Fsp3) is 0.292. The predicted molar refractivity (Wildman–Crippen MR) is 117 cm³/mol. The number of rotatable bonds is 4. The summed E-state index contributed by atoms with van der Waals surface area (Å²) in [6, 6.07) is 24.6. The summed E-state index contributed by atoms with van der Waals surface area (Å²) in [6.45, 7) is 2.76. The molecule has 28 heavy (non-hydrogen) atoms. The molecule has 3 nitrogen and oxygen atoms in total. The monoisotopic (exact) mass is 394 g/mol. The Bertz CT molecular complexity index is 938. The van der Waals surface area contributed by atoms with E-state index in [9.17, 15) is 4.79 Å². The minimum atomic E-state index is -0.285. The summed E-state index contributed by atoms with van der Waals surface area (Å²) in [7, 11) is 0. The van der Waals surface area contributed by atoms with Crippen molar-refractivity contribution in [2.75, 3.05) is 6.54 Å². The Morgan fingerprint density at radius 2 is 1.68 bits per heavy atom. The largest absolute Gasteiger partial charge is 0.335 e. The first-order valence-corrected chi connectivity index (χ1v) is 9.75. The Morgan fingerprint density at radius 1 is 1.00 bits per heavy atom. The average molecular weight is 395 g/mol. The van der Waals surface area contributed by atoms with Crippen LogP contribution in [-0.2, 0) is 4.79 Å². The second-order valence-corrected chi connectivity index (χ2v) is 7.48. The maximum Gasteiger partial charge on any atom is 0.227 e. The summed E-state index contributed by atoms with van der Waals surface area (Å²) in [5.41, 5.74) is 8.70. The molecule has 4 rings (SSSR count). The summed E-state index contributed by atoms with van der Waals surface area (Å²) < 4.78 is 0. The topological polar surface area (TPSA) is 46.3 Å². The van der Waals surface area contributed by atoms with E-state index in [1.807, 2.05) is 37.3 Å². The number of hydrogen-bond acceptors (Lipinski definition) is 2. The van der Waals surface area contributed by atoms with Gasteiger partial charge in [0.1, 0.15) is 0 Å². The molecule has 0 spiro atoms. The van der Waals surface area contributed by atoms with Gasteiger partial charge in [0, 0.05) is 12.6 Å². The third-order valence-corrected chi connectivity index (χ3v) is 5.83. The molecule has 1 fully saturated rings. The molecule has 1 aliphatic heterocycles. The minimum Gasteiger partial charge on any atom is -0.335 e. The third-order valence-electron chi connectivity index (χ3n) is 5.83. The van der Waals surface area contributed by atoms with E-state index >= 15 is 0 Å². The summed E-state index contributed by atoms with van der Waals surface area (Å²) in [4.78, 5) is 15.4. The van der Waals surface area contributed by atoms with E-state index in [4.69, 9.17) is 5.73 Å². The van der Waals surface area contributed by atoms with Crippen LogP contribution in [0.3, 0.4) is 0 Å². The standard InChI is InChI=1S/C24H26N2O.ClH/c1-17(23(25)19-10-3-2-4-11-19)24(27)26-16-8-15-22(26)21-14-7-12-18-9-5-6-13-20(18)21;/h2-7,9-14,17,22-23H,8,15-16,25H2,1H3;1H. The van der Waals surface area contributed by atoms with Crippen LogP contribution in [0.15, 0.2) is 72.8 Å². The number of halogens is 1. The van der Waals surface area contributed by atoms with E-state index in [0.717, 1.165) is 24.9 Å². The van der Waals surface area contributed by atoms with Gasteiger partial charge in [-0.2, -0.15) is 0 Å². The molecular weight excluding hydrogens is 368 g/mol. The molecule has 3 atom stereocenters.